The molecule has 1 aromatic heterocycles. The van der Waals surface area contributed by atoms with Gasteiger partial charge in [-0.05, 0) is 56.9 Å². The predicted octanol–water partition coefficient (Wildman–Crippen LogP) is 2.54. The summed E-state index contributed by atoms with van der Waals surface area (Å²) in [6, 6.07) is 16.5. The topological polar surface area (TPSA) is 61.2 Å². The minimum absolute atomic E-state index is 0.0800. The molecule has 0 radical (unpaired) electrons. The van der Waals surface area contributed by atoms with Crippen LogP contribution in [-0.4, -0.2) is 72.9 Å². The number of hydrogen-bond donors (Lipinski definition) is 1. The Bertz CT molecular complexity index is 1090. The van der Waals surface area contributed by atoms with Gasteiger partial charge in [-0.15, -0.1) is 0 Å². The molecule has 5 rings (SSSR count). The van der Waals surface area contributed by atoms with Crippen molar-refractivity contribution < 1.29 is 4.74 Å². The molecule has 3 heterocycles. The SMILES string of the molecule is COc1ccc([C@H]2NC3=NCN(CCCN(C)C)CN3c3nc4ccccc4n32)cc1. The van der Waals surface area contributed by atoms with Crippen molar-refractivity contribution in [2.24, 2.45) is 4.99 Å². The van der Waals surface area contributed by atoms with E-state index >= 15 is 0 Å². The lowest BCUT2D eigenvalue weighted by molar-refractivity contribution is 0.254. The largest absolute Gasteiger partial charge is 0.497 e. The molecule has 2 aliphatic rings. The molecule has 0 saturated heterocycles. The van der Waals surface area contributed by atoms with Crippen LogP contribution in [0.15, 0.2) is 53.5 Å². The average Bonchev–Trinajstić information content (AvgIpc) is 3.18. The highest BCUT2D eigenvalue weighted by Gasteiger charge is 2.35. The molecule has 8 nitrogen and oxygen atoms in total. The van der Waals surface area contributed by atoms with Crippen LogP contribution in [-0.2, 0) is 0 Å². The summed E-state index contributed by atoms with van der Waals surface area (Å²) in [6.07, 6.45) is 1.04. The molecule has 8 heteroatoms. The Morgan fingerprint density at radius 3 is 2.71 bits per heavy atom. The van der Waals surface area contributed by atoms with Crippen LogP contribution in [0, 0.1) is 0 Å². The zero-order valence-electron chi connectivity index (χ0n) is 18.3. The Morgan fingerprint density at radius 1 is 1.13 bits per heavy atom. The fourth-order valence-electron chi connectivity index (χ4n) is 4.28. The number of methoxy groups -OCH3 is 1. The van der Waals surface area contributed by atoms with E-state index in [4.69, 9.17) is 14.7 Å². The summed E-state index contributed by atoms with van der Waals surface area (Å²) in [4.78, 5) is 16.7. The van der Waals surface area contributed by atoms with E-state index in [1.807, 2.05) is 18.2 Å². The van der Waals surface area contributed by atoms with Crippen LogP contribution in [0.5, 0.6) is 5.75 Å². The minimum Gasteiger partial charge on any atom is -0.497 e. The van der Waals surface area contributed by atoms with Crippen molar-refractivity contribution >= 4 is 22.9 Å². The molecule has 0 saturated carbocycles. The second-order valence-electron chi connectivity index (χ2n) is 8.33. The first-order valence-electron chi connectivity index (χ1n) is 10.7. The fraction of sp³-hybridized carbons (Fsp3) is 0.391. The number of nitrogens with one attached hydrogen (secondary N) is 1. The number of rotatable bonds is 6. The van der Waals surface area contributed by atoms with Crippen molar-refractivity contribution in [1.82, 2.24) is 24.7 Å². The Labute approximate surface area is 182 Å². The highest BCUT2D eigenvalue weighted by atomic mass is 16.5. The third-order valence-corrected chi connectivity index (χ3v) is 5.87. The van der Waals surface area contributed by atoms with Gasteiger partial charge in [0.2, 0.25) is 11.9 Å². The molecule has 3 aromatic rings. The number of aromatic nitrogens is 2. The zero-order chi connectivity index (χ0) is 21.4. The molecule has 0 fully saturated rings. The van der Waals surface area contributed by atoms with Gasteiger partial charge in [0, 0.05) is 6.54 Å². The number of para-hydroxylation sites is 2. The van der Waals surface area contributed by atoms with Gasteiger partial charge in [0.05, 0.1) is 31.5 Å². The highest BCUT2D eigenvalue weighted by Crippen LogP contribution is 2.34. The molecule has 0 unspecified atom stereocenters. The summed E-state index contributed by atoms with van der Waals surface area (Å²) in [5.41, 5.74) is 3.24. The highest BCUT2D eigenvalue weighted by molar-refractivity contribution is 5.98. The smallest absolute Gasteiger partial charge is 0.216 e. The van der Waals surface area contributed by atoms with Crippen LogP contribution in [0.2, 0.25) is 0 Å². The normalized spacial score (nSPS) is 18.5. The van der Waals surface area contributed by atoms with Crippen molar-refractivity contribution in [3.63, 3.8) is 0 Å². The number of fused-ring (bicyclic) bond motifs is 5. The fourth-order valence-corrected chi connectivity index (χ4v) is 4.28. The lowest BCUT2D eigenvalue weighted by Gasteiger charge is -2.41. The number of nitrogens with zero attached hydrogens (tertiary/aromatic N) is 6. The number of imidazole rings is 1. The van der Waals surface area contributed by atoms with Crippen molar-refractivity contribution in [2.75, 3.05) is 52.5 Å². The lowest BCUT2D eigenvalue weighted by Crippen LogP contribution is -2.57. The molecule has 1 N–H and O–H groups in total. The maximum Gasteiger partial charge on any atom is 0.216 e. The Hall–Kier alpha value is -3.10. The molecule has 0 aliphatic carbocycles. The Balaban J connectivity index is 1.51. The molecule has 162 valence electrons. The van der Waals surface area contributed by atoms with Gasteiger partial charge in [-0.25, -0.2) is 9.98 Å². The minimum atomic E-state index is -0.0800. The quantitative estimate of drug-likeness (QED) is 0.663. The van der Waals surface area contributed by atoms with Gasteiger partial charge in [-0.3, -0.25) is 14.4 Å². The predicted molar refractivity (Wildman–Crippen MR) is 124 cm³/mol. The van der Waals surface area contributed by atoms with Gasteiger partial charge in [-0.2, -0.15) is 0 Å². The van der Waals surface area contributed by atoms with Crippen LogP contribution in [0.4, 0.5) is 5.95 Å². The number of hydrogen-bond acceptors (Lipinski definition) is 7. The van der Waals surface area contributed by atoms with E-state index in [0.717, 1.165) is 60.4 Å². The summed E-state index contributed by atoms with van der Waals surface area (Å²) in [5.74, 6) is 2.66. The molecular formula is C23H29N7O. The van der Waals surface area contributed by atoms with E-state index in [9.17, 15) is 0 Å². The van der Waals surface area contributed by atoms with Gasteiger partial charge < -0.3 is 15.0 Å². The van der Waals surface area contributed by atoms with Crippen LogP contribution >= 0.6 is 0 Å². The molecule has 0 amide bonds. The number of anilines is 1. The Morgan fingerprint density at radius 2 is 1.94 bits per heavy atom. The van der Waals surface area contributed by atoms with E-state index in [1.54, 1.807) is 7.11 Å². The number of guanidine groups is 1. The van der Waals surface area contributed by atoms with Gasteiger partial charge in [0.15, 0.2) is 0 Å². The third kappa shape index (κ3) is 3.73. The van der Waals surface area contributed by atoms with Gasteiger partial charge >= 0.3 is 0 Å². The monoisotopic (exact) mass is 419 g/mol. The van der Waals surface area contributed by atoms with Crippen LogP contribution < -0.4 is 15.0 Å². The van der Waals surface area contributed by atoms with Crippen LogP contribution in [0.3, 0.4) is 0 Å². The summed E-state index contributed by atoms with van der Waals surface area (Å²) in [6.45, 7) is 3.55. The second-order valence-corrected chi connectivity index (χ2v) is 8.33. The summed E-state index contributed by atoms with van der Waals surface area (Å²) < 4.78 is 7.62. The van der Waals surface area contributed by atoms with Gasteiger partial charge in [0.1, 0.15) is 11.9 Å². The first-order valence-corrected chi connectivity index (χ1v) is 10.7. The maximum absolute atomic E-state index is 5.35. The van der Waals surface area contributed by atoms with E-state index in [-0.39, 0.29) is 6.17 Å². The third-order valence-electron chi connectivity index (χ3n) is 5.87. The molecule has 2 aliphatic heterocycles. The second kappa shape index (κ2) is 8.20. The van der Waals surface area contributed by atoms with Crippen LogP contribution in [0.1, 0.15) is 18.2 Å². The average molecular weight is 420 g/mol. The molecule has 0 spiro atoms. The van der Waals surface area contributed by atoms with E-state index in [0.29, 0.717) is 6.67 Å². The number of aliphatic imine (C=N–C) groups is 1. The number of ether oxygens (including phenoxy) is 1. The van der Waals surface area contributed by atoms with E-state index in [2.05, 4.69) is 69.0 Å². The lowest BCUT2D eigenvalue weighted by atomic mass is 10.1. The van der Waals surface area contributed by atoms with Gasteiger partial charge in [0.25, 0.3) is 0 Å². The first-order chi connectivity index (χ1) is 15.1. The Kier molecular flexibility index (Phi) is 5.25. The zero-order valence-corrected chi connectivity index (χ0v) is 18.3. The van der Waals surface area contributed by atoms with Crippen LogP contribution in [0.25, 0.3) is 11.0 Å². The standard InChI is InChI=1S/C23H29N7O/c1-27(2)13-6-14-28-15-24-22-26-21(17-9-11-18(31-3)12-10-17)30-20-8-5-4-7-19(20)25-23(30)29(22)16-28/h4-5,7-12,21H,6,13-16H2,1-3H3,(H,24,26)/t21-/m0/s1. The molecule has 1 atom stereocenters. The van der Waals surface area contributed by atoms with Crippen molar-refractivity contribution in [2.45, 2.75) is 12.6 Å². The van der Waals surface area contributed by atoms with Crippen molar-refractivity contribution in [3.8, 4) is 5.75 Å². The van der Waals surface area contributed by atoms with Gasteiger partial charge in [-0.1, -0.05) is 24.3 Å². The summed E-state index contributed by atoms with van der Waals surface area (Å²) >= 11 is 0. The molecule has 0 bridgehead atoms. The van der Waals surface area contributed by atoms with Crippen molar-refractivity contribution in [1.29, 1.82) is 0 Å². The van der Waals surface area contributed by atoms with E-state index in [1.165, 1.54) is 0 Å². The van der Waals surface area contributed by atoms with E-state index < -0.39 is 0 Å². The number of benzene rings is 2. The first kappa shape index (κ1) is 19.8. The molecular weight excluding hydrogens is 390 g/mol. The summed E-state index contributed by atoms with van der Waals surface area (Å²) in [7, 11) is 5.92. The maximum atomic E-state index is 5.35. The van der Waals surface area contributed by atoms with Crippen molar-refractivity contribution in [3.05, 3.63) is 54.1 Å². The molecule has 2 aromatic carbocycles. The summed E-state index contributed by atoms with van der Waals surface area (Å²) in [5, 5.41) is 3.66. The molecule has 31 heavy (non-hydrogen) atoms.